The number of hydrogen-bond acceptors (Lipinski definition) is 5. The Bertz CT molecular complexity index is 643. The molecule has 1 amide bonds. The van der Waals surface area contributed by atoms with Crippen LogP contribution in [0.4, 0.5) is 5.69 Å². The van der Waals surface area contributed by atoms with Gasteiger partial charge in [-0.15, -0.1) is 11.8 Å². The maximum atomic E-state index is 12.4. The minimum absolute atomic E-state index is 0.154. The second-order valence-corrected chi connectivity index (χ2v) is 7.92. The fourth-order valence-electron chi connectivity index (χ4n) is 1.86. The first kappa shape index (κ1) is 20.0. The second kappa shape index (κ2) is 8.14. The van der Waals surface area contributed by atoms with Crippen molar-refractivity contribution in [2.24, 2.45) is 5.41 Å². The Labute approximate surface area is 145 Å². The third kappa shape index (κ3) is 5.52. The molecular weight excluding hydrogens is 332 g/mol. The Morgan fingerprint density at radius 2 is 2.00 bits per heavy atom. The SMILES string of the molecule is CC(C)Sc1ccc([N+](=O)[O-])cc1C(=O)NCCC(C)(C)C(=O)O. The van der Waals surface area contributed by atoms with Crippen LogP contribution in [-0.4, -0.2) is 33.7 Å². The van der Waals surface area contributed by atoms with E-state index in [2.05, 4.69) is 5.32 Å². The number of carbonyl (C=O) groups excluding carboxylic acids is 1. The molecule has 0 aliphatic heterocycles. The molecule has 0 heterocycles. The third-order valence-electron chi connectivity index (χ3n) is 3.40. The average molecular weight is 354 g/mol. The predicted octanol–water partition coefficient (Wildman–Crippen LogP) is 3.33. The van der Waals surface area contributed by atoms with Crippen LogP contribution in [0.5, 0.6) is 0 Å². The molecular formula is C16H22N2O5S. The molecule has 2 N–H and O–H groups in total. The van der Waals surface area contributed by atoms with Crippen LogP contribution in [0.25, 0.3) is 0 Å². The number of nitro groups is 1. The van der Waals surface area contributed by atoms with Crippen LogP contribution in [0.2, 0.25) is 0 Å². The molecule has 0 saturated carbocycles. The Balaban J connectivity index is 2.92. The molecule has 1 aromatic carbocycles. The molecule has 0 bridgehead atoms. The monoisotopic (exact) mass is 354 g/mol. The molecule has 132 valence electrons. The topological polar surface area (TPSA) is 110 Å². The number of carboxylic acids is 1. The number of hydrogen-bond donors (Lipinski definition) is 2. The van der Waals surface area contributed by atoms with Gasteiger partial charge in [-0.25, -0.2) is 0 Å². The van der Waals surface area contributed by atoms with E-state index in [1.807, 2.05) is 13.8 Å². The van der Waals surface area contributed by atoms with Crippen molar-refractivity contribution in [2.75, 3.05) is 6.54 Å². The Hall–Kier alpha value is -2.09. The summed E-state index contributed by atoms with van der Waals surface area (Å²) in [4.78, 5) is 34.5. The Morgan fingerprint density at radius 1 is 1.38 bits per heavy atom. The molecule has 1 aromatic rings. The number of nitro benzene ring substituents is 1. The first-order chi connectivity index (χ1) is 11.0. The zero-order valence-corrected chi connectivity index (χ0v) is 15.0. The van der Waals surface area contributed by atoms with Gasteiger partial charge in [0.1, 0.15) is 0 Å². The highest BCUT2D eigenvalue weighted by molar-refractivity contribution is 8.00. The minimum Gasteiger partial charge on any atom is -0.481 e. The molecule has 7 nitrogen and oxygen atoms in total. The van der Waals surface area contributed by atoms with Gasteiger partial charge in [0.25, 0.3) is 11.6 Å². The summed E-state index contributed by atoms with van der Waals surface area (Å²) >= 11 is 1.44. The standard InChI is InChI=1S/C16H22N2O5S/c1-10(2)24-13-6-5-11(18(22)23)9-12(13)14(19)17-8-7-16(3,4)15(20)21/h5-6,9-10H,7-8H2,1-4H3,(H,17,19)(H,20,21). The van der Waals surface area contributed by atoms with Crippen molar-refractivity contribution in [1.82, 2.24) is 5.32 Å². The molecule has 0 saturated heterocycles. The molecule has 24 heavy (non-hydrogen) atoms. The van der Waals surface area contributed by atoms with Crippen LogP contribution in [0.3, 0.4) is 0 Å². The largest absolute Gasteiger partial charge is 0.481 e. The first-order valence-electron chi connectivity index (χ1n) is 7.51. The van der Waals surface area contributed by atoms with Gasteiger partial charge >= 0.3 is 5.97 Å². The summed E-state index contributed by atoms with van der Waals surface area (Å²) in [5.41, 5.74) is -0.874. The fourth-order valence-corrected chi connectivity index (χ4v) is 2.79. The van der Waals surface area contributed by atoms with Crippen LogP contribution in [0.1, 0.15) is 44.5 Å². The van der Waals surface area contributed by atoms with Crippen molar-refractivity contribution in [2.45, 2.75) is 44.3 Å². The first-order valence-corrected chi connectivity index (χ1v) is 8.39. The van der Waals surface area contributed by atoms with E-state index in [0.717, 1.165) is 0 Å². The fraction of sp³-hybridized carbons (Fsp3) is 0.500. The lowest BCUT2D eigenvalue weighted by molar-refractivity contribution is -0.384. The predicted molar refractivity (Wildman–Crippen MR) is 92.5 cm³/mol. The zero-order chi connectivity index (χ0) is 18.5. The van der Waals surface area contributed by atoms with E-state index in [0.29, 0.717) is 4.90 Å². The number of aliphatic carboxylic acids is 1. The summed E-state index contributed by atoms with van der Waals surface area (Å²) in [5, 5.41) is 22.9. The van der Waals surface area contributed by atoms with Gasteiger partial charge in [-0.05, 0) is 26.3 Å². The highest BCUT2D eigenvalue weighted by atomic mass is 32.2. The number of nitrogens with zero attached hydrogens (tertiary/aromatic N) is 1. The van der Waals surface area contributed by atoms with Crippen molar-refractivity contribution in [3.05, 3.63) is 33.9 Å². The highest BCUT2D eigenvalue weighted by Gasteiger charge is 2.27. The molecule has 0 unspecified atom stereocenters. The molecule has 0 aliphatic rings. The summed E-state index contributed by atoms with van der Waals surface area (Å²) in [7, 11) is 0. The van der Waals surface area contributed by atoms with Crippen molar-refractivity contribution >= 4 is 29.3 Å². The van der Waals surface area contributed by atoms with Gasteiger partial charge < -0.3 is 10.4 Å². The number of carbonyl (C=O) groups is 2. The van der Waals surface area contributed by atoms with Gasteiger partial charge in [-0.2, -0.15) is 0 Å². The Morgan fingerprint density at radius 3 is 2.50 bits per heavy atom. The van der Waals surface area contributed by atoms with Crippen LogP contribution < -0.4 is 5.32 Å². The quantitative estimate of drug-likeness (QED) is 0.421. The maximum absolute atomic E-state index is 12.4. The summed E-state index contributed by atoms with van der Waals surface area (Å²) in [6, 6.07) is 4.19. The van der Waals surface area contributed by atoms with Crippen molar-refractivity contribution in [3.8, 4) is 0 Å². The van der Waals surface area contributed by atoms with Gasteiger partial charge in [0.15, 0.2) is 0 Å². The molecule has 0 atom stereocenters. The molecule has 0 radical (unpaired) electrons. The van der Waals surface area contributed by atoms with Gasteiger partial charge in [0, 0.05) is 28.8 Å². The summed E-state index contributed by atoms with van der Waals surface area (Å²) in [6.07, 6.45) is 0.260. The summed E-state index contributed by atoms with van der Waals surface area (Å²) < 4.78 is 0. The summed E-state index contributed by atoms with van der Waals surface area (Å²) in [5.74, 6) is -1.38. The van der Waals surface area contributed by atoms with Gasteiger partial charge in [0.05, 0.1) is 15.9 Å². The third-order valence-corrected chi connectivity index (χ3v) is 4.48. The van der Waals surface area contributed by atoms with Crippen LogP contribution >= 0.6 is 11.8 Å². The van der Waals surface area contributed by atoms with Crippen molar-refractivity contribution < 1.29 is 19.6 Å². The van der Waals surface area contributed by atoms with E-state index in [4.69, 9.17) is 5.11 Å². The van der Waals surface area contributed by atoms with E-state index in [-0.39, 0.29) is 29.5 Å². The summed E-state index contributed by atoms with van der Waals surface area (Å²) in [6.45, 7) is 7.25. The van der Waals surface area contributed by atoms with E-state index < -0.39 is 22.2 Å². The maximum Gasteiger partial charge on any atom is 0.309 e. The number of non-ortho nitro benzene ring substituents is 1. The van der Waals surface area contributed by atoms with E-state index in [1.54, 1.807) is 19.9 Å². The molecule has 0 aliphatic carbocycles. The van der Waals surface area contributed by atoms with Gasteiger partial charge in [-0.3, -0.25) is 19.7 Å². The van der Waals surface area contributed by atoms with Crippen molar-refractivity contribution in [3.63, 3.8) is 0 Å². The Kier molecular flexibility index (Phi) is 6.77. The van der Waals surface area contributed by atoms with Crippen LogP contribution in [-0.2, 0) is 4.79 Å². The molecule has 0 fully saturated rings. The lowest BCUT2D eigenvalue weighted by atomic mass is 9.90. The highest BCUT2D eigenvalue weighted by Crippen LogP contribution is 2.29. The van der Waals surface area contributed by atoms with Crippen molar-refractivity contribution in [1.29, 1.82) is 0 Å². The number of benzene rings is 1. The van der Waals surface area contributed by atoms with Gasteiger partial charge in [-0.1, -0.05) is 13.8 Å². The number of rotatable bonds is 8. The smallest absolute Gasteiger partial charge is 0.309 e. The van der Waals surface area contributed by atoms with E-state index in [1.165, 1.54) is 23.9 Å². The van der Waals surface area contributed by atoms with E-state index in [9.17, 15) is 19.7 Å². The number of nitrogens with one attached hydrogen (secondary N) is 1. The number of carboxylic acid groups (broad SMARTS) is 1. The zero-order valence-electron chi connectivity index (χ0n) is 14.2. The lowest BCUT2D eigenvalue weighted by Gasteiger charge is -2.19. The molecule has 0 aromatic heterocycles. The minimum atomic E-state index is -0.953. The van der Waals surface area contributed by atoms with Crippen LogP contribution in [0, 0.1) is 15.5 Å². The van der Waals surface area contributed by atoms with Crippen LogP contribution in [0.15, 0.2) is 23.1 Å². The van der Waals surface area contributed by atoms with E-state index >= 15 is 0 Å². The average Bonchev–Trinajstić information content (AvgIpc) is 2.46. The molecule has 1 rings (SSSR count). The lowest BCUT2D eigenvalue weighted by Crippen LogP contribution is -2.32. The molecule has 8 heteroatoms. The number of thioether (sulfide) groups is 1. The second-order valence-electron chi connectivity index (χ2n) is 6.30. The molecule has 0 spiro atoms. The number of amides is 1. The van der Waals surface area contributed by atoms with Gasteiger partial charge in [0.2, 0.25) is 0 Å². The normalized spacial score (nSPS) is 11.4.